The summed E-state index contributed by atoms with van der Waals surface area (Å²) in [5.74, 6) is -1.24. The summed E-state index contributed by atoms with van der Waals surface area (Å²) in [6.45, 7) is 3.59. The fourth-order valence-corrected chi connectivity index (χ4v) is 1.90. The quantitative estimate of drug-likeness (QED) is 0.842. The molecule has 0 aliphatic rings. The Kier molecular flexibility index (Phi) is 5.36. The number of hydrogen-bond donors (Lipinski definition) is 1. The molecule has 1 aromatic carbocycles. The monoisotopic (exact) mass is 249 g/mol. The van der Waals surface area contributed by atoms with Crippen LogP contribution in [-0.4, -0.2) is 23.5 Å². The maximum atomic E-state index is 12.3. The van der Waals surface area contributed by atoms with Crippen molar-refractivity contribution in [1.82, 2.24) is 0 Å². The van der Waals surface area contributed by atoms with Crippen molar-refractivity contribution >= 4 is 17.6 Å². The maximum Gasteiger partial charge on any atom is 0.323 e. The minimum Gasteiger partial charge on any atom is -0.480 e. The summed E-state index contributed by atoms with van der Waals surface area (Å²) in [7, 11) is 0. The fourth-order valence-electron chi connectivity index (χ4n) is 1.90. The molecule has 4 heteroatoms. The van der Waals surface area contributed by atoms with E-state index < -0.39 is 5.97 Å². The zero-order valence-electron chi connectivity index (χ0n) is 10.8. The molecule has 0 atom stereocenters. The van der Waals surface area contributed by atoms with Crippen LogP contribution in [0.3, 0.4) is 0 Å². The Morgan fingerprint density at radius 3 is 2.17 bits per heavy atom. The molecule has 18 heavy (non-hydrogen) atoms. The van der Waals surface area contributed by atoms with Gasteiger partial charge in [0.2, 0.25) is 5.91 Å². The molecule has 0 saturated heterocycles. The molecular formula is C14H19NO3. The molecule has 1 N–H and O–H groups in total. The number of amides is 1. The molecule has 0 saturated carbocycles. The van der Waals surface area contributed by atoms with Crippen LogP contribution in [0.5, 0.6) is 0 Å². The smallest absolute Gasteiger partial charge is 0.323 e. The lowest BCUT2D eigenvalue weighted by Crippen LogP contribution is -2.39. The fraction of sp³-hybridized carbons (Fsp3) is 0.429. The van der Waals surface area contributed by atoms with Crippen LogP contribution in [0.15, 0.2) is 30.3 Å². The van der Waals surface area contributed by atoms with Gasteiger partial charge in [0.05, 0.1) is 0 Å². The molecule has 4 nitrogen and oxygen atoms in total. The molecule has 0 bridgehead atoms. The molecule has 1 aromatic rings. The van der Waals surface area contributed by atoms with Gasteiger partial charge in [0.15, 0.2) is 0 Å². The summed E-state index contributed by atoms with van der Waals surface area (Å²) >= 11 is 0. The van der Waals surface area contributed by atoms with E-state index >= 15 is 0 Å². The Balaban J connectivity index is 2.98. The summed E-state index contributed by atoms with van der Waals surface area (Å²) in [6, 6.07) is 8.94. The number of carboxylic acid groups (broad SMARTS) is 1. The van der Waals surface area contributed by atoms with Crippen molar-refractivity contribution in [2.24, 2.45) is 5.92 Å². The second-order valence-electron chi connectivity index (χ2n) is 4.17. The lowest BCUT2D eigenvalue weighted by atomic mass is 10.0. The van der Waals surface area contributed by atoms with E-state index in [2.05, 4.69) is 0 Å². The van der Waals surface area contributed by atoms with Gasteiger partial charge in [-0.3, -0.25) is 9.59 Å². The van der Waals surface area contributed by atoms with Crippen LogP contribution in [0, 0.1) is 5.92 Å². The molecule has 0 aliphatic heterocycles. The highest BCUT2D eigenvalue weighted by Gasteiger charge is 2.24. The normalized spacial score (nSPS) is 10.4. The lowest BCUT2D eigenvalue weighted by molar-refractivity contribution is -0.137. The number of carbonyl (C=O) groups excluding carboxylic acids is 1. The molecule has 0 radical (unpaired) electrons. The number of nitrogens with zero attached hydrogens (tertiary/aromatic N) is 1. The van der Waals surface area contributed by atoms with Gasteiger partial charge in [0.25, 0.3) is 0 Å². The molecule has 0 spiro atoms. The van der Waals surface area contributed by atoms with Gasteiger partial charge in [-0.15, -0.1) is 0 Å². The average molecular weight is 249 g/mol. The third kappa shape index (κ3) is 3.58. The third-order valence-electron chi connectivity index (χ3n) is 2.96. The van der Waals surface area contributed by atoms with Crippen molar-refractivity contribution in [1.29, 1.82) is 0 Å². The van der Waals surface area contributed by atoms with Gasteiger partial charge in [-0.05, 0) is 25.0 Å². The van der Waals surface area contributed by atoms with Gasteiger partial charge >= 0.3 is 5.97 Å². The summed E-state index contributed by atoms with van der Waals surface area (Å²) in [5.41, 5.74) is 0.636. The number of rotatable bonds is 6. The van der Waals surface area contributed by atoms with Crippen molar-refractivity contribution in [3.05, 3.63) is 30.3 Å². The van der Waals surface area contributed by atoms with Crippen LogP contribution in [0.25, 0.3) is 0 Å². The van der Waals surface area contributed by atoms with Crippen molar-refractivity contribution in [2.75, 3.05) is 11.4 Å². The maximum absolute atomic E-state index is 12.3. The predicted molar refractivity (Wildman–Crippen MR) is 70.5 cm³/mol. The number of carbonyl (C=O) groups is 2. The topological polar surface area (TPSA) is 57.6 Å². The highest BCUT2D eigenvalue weighted by molar-refractivity contribution is 5.98. The second kappa shape index (κ2) is 6.79. The Hall–Kier alpha value is -1.84. The van der Waals surface area contributed by atoms with Crippen LogP contribution >= 0.6 is 0 Å². The van der Waals surface area contributed by atoms with E-state index in [4.69, 9.17) is 5.11 Å². The lowest BCUT2D eigenvalue weighted by Gasteiger charge is -2.25. The number of para-hydroxylation sites is 1. The van der Waals surface area contributed by atoms with Crippen LogP contribution in [0.2, 0.25) is 0 Å². The molecule has 0 unspecified atom stereocenters. The van der Waals surface area contributed by atoms with Gasteiger partial charge in [-0.25, -0.2) is 0 Å². The number of anilines is 1. The Morgan fingerprint density at radius 1 is 1.17 bits per heavy atom. The van der Waals surface area contributed by atoms with Crippen molar-refractivity contribution < 1.29 is 14.7 Å². The first-order chi connectivity index (χ1) is 8.60. The minimum atomic E-state index is -1.00. The van der Waals surface area contributed by atoms with Gasteiger partial charge in [-0.2, -0.15) is 0 Å². The van der Waals surface area contributed by atoms with Crippen molar-refractivity contribution in [3.63, 3.8) is 0 Å². The largest absolute Gasteiger partial charge is 0.480 e. The molecule has 0 fully saturated rings. The van der Waals surface area contributed by atoms with Crippen molar-refractivity contribution in [3.8, 4) is 0 Å². The average Bonchev–Trinajstić information content (AvgIpc) is 2.38. The van der Waals surface area contributed by atoms with E-state index in [1.807, 2.05) is 19.9 Å². The van der Waals surface area contributed by atoms with Gasteiger partial charge in [0, 0.05) is 11.6 Å². The van der Waals surface area contributed by atoms with Crippen LogP contribution in [0.1, 0.15) is 26.7 Å². The standard InChI is InChI=1S/C14H19NO3/c1-3-11(4-2)14(18)15(10-13(16)17)12-8-6-5-7-9-12/h5-9,11H,3-4,10H2,1-2H3,(H,16,17). The molecule has 0 aliphatic carbocycles. The third-order valence-corrected chi connectivity index (χ3v) is 2.96. The first kappa shape index (κ1) is 14.2. The van der Waals surface area contributed by atoms with E-state index in [1.165, 1.54) is 4.90 Å². The first-order valence-corrected chi connectivity index (χ1v) is 6.18. The predicted octanol–water partition coefficient (Wildman–Crippen LogP) is 2.54. The van der Waals surface area contributed by atoms with Crippen LogP contribution in [-0.2, 0) is 9.59 Å². The van der Waals surface area contributed by atoms with Gasteiger partial charge in [-0.1, -0.05) is 32.0 Å². The molecule has 1 amide bonds. The van der Waals surface area contributed by atoms with Gasteiger partial charge < -0.3 is 10.0 Å². The first-order valence-electron chi connectivity index (χ1n) is 6.18. The molecule has 98 valence electrons. The zero-order chi connectivity index (χ0) is 13.5. The highest BCUT2D eigenvalue weighted by Crippen LogP contribution is 2.19. The number of aliphatic carboxylic acids is 1. The SMILES string of the molecule is CCC(CC)C(=O)N(CC(=O)O)c1ccccc1. The van der Waals surface area contributed by atoms with Crippen molar-refractivity contribution in [2.45, 2.75) is 26.7 Å². The highest BCUT2D eigenvalue weighted by atomic mass is 16.4. The summed E-state index contributed by atoms with van der Waals surface area (Å²) in [5, 5.41) is 8.93. The number of benzene rings is 1. The molecular weight excluding hydrogens is 230 g/mol. The van der Waals surface area contributed by atoms with Crippen LogP contribution in [0.4, 0.5) is 5.69 Å². The molecule has 0 heterocycles. The zero-order valence-corrected chi connectivity index (χ0v) is 10.8. The summed E-state index contributed by atoms with van der Waals surface area (Å²) < 4.78 is 0. The van der Waals surface area contributed by atoms with Gasteiger partial charge in [0.1, 0.15) is 6.54 Å². The second-order valence-corrected chi connectivity index (χ2v) is 4.17. The van der Waals surface area contributed by atoms with E-state index in [0.29, 0.717) is 5.69 Å². The minimum absolute atomic E-state index is 0.117. The van der Waals surface area contributed by atoms with E-state index in [9.17, 15) is 9.59 Å². The van der Waals surface area contributed by atoms with E-state index in [0.717, 1.165) is 12.8 Å². The Labute approximate surface area is 107 Å². The van der Waals surface area contributed by atoms with E-state index in [1.54, 1.807) is 24.3 Å². The van der Waals surface area contributed by atoms with E-state index in [-0.39, 0.29) is 18.4 Å². The Morgan fingerprint density at radius 2 is 1.72 bits per heavy atom. The summed E-state index contributed by atoms with van der Waals surface area (Å²) in [6.07, 6.45) is 1.44. The Bertz CT molecular complexity index is 399. The molecule has 1 rings (SSSR count). The number of carboxylic acids is 1. The summed E-state index contributed by atoms with van der Waals surface area (Å²) in [4.78, 5) is 24.5. The number of hydrogen-bond acceptors (Lipinski definition) is 2. The van der Waals surface area contributed by atoms with Crippen LogP contribution < -0.4 is 4.90 Å². The molecule has 0 aromatic heterocycles.